The number of aryl methyl sites for hydroxylation is 2. The quantitative estimate of drug-likeness (QED) is 0.793. The Balaban J connectivity index is 1.53. The van der Waals surface area contributed by atoms with Gasteiger partial charge in [0, 0.05) is 36.6 Å². The number of para-hydroxylation sites is 1. The van der Waals surface area contributed by atoms with Crippen LogP contribution in [0, 0.1) is 6.92 Å². The van der Waals surface area contributed by atoms with Crippen LogP contribution in [0.25, 0.3) is 0 Å². The van der Waals surface area contributed by atoms with Crippen LogP contribution in [0.15, 0.2) is 48.5 Å². The number of hydrogen-bond acceptors (Lipinski definition) is 4. The third kappa shape index (κ3) is 4.36. The average Bonchev–Trinajstić information content (AvgIpc) is 3.17. The molecule has 1 N–H and O–H groups in total. The zero-order valence-electron chi connectivity index (χ0n) is 17.0. The minimum atomic E-state index is -0.572. The number of hydrogen-bond donors (Lipinski definition) is 1. The highest BCUT2D eigenvalue weighted by molar-refractivity contribution is 8.13. The molecule has 1 atom stereocenters. The number of nitrogens with one attached hydrogen (secondary N) is 1. The Kier molecular flexibility index (Phi) is 6.08. The molecular formula is C23H25N3O3S. The van der Waals surface area contributed by atoms with Gasteiger partial charge < -0.3 is 10.2 Å². The third-order valence-corrected chi connectivity index (χ3v) is 6.47. The molecule has 0 aliphatic carbocycles. The van der Waals surface area contributed by atoms with Crippen molar-refractivity contribution in [2.45, 2.75) is 32.2 Å². The van der Waals surface area contributed by atoms with Crippen molar-refractivity contribution in [1.82, 2.24) is 4.90 Å². The minimum Gasteiger partial charge on any atom is -0.332 e. The Bertz CT molecular complexity index is 960. The largest absolute Gasteiger partial charge is 0.332 e. The van der Waals surface area contributed by atoms with Gasteiger partial charge in [0.25, 0.3) is 5.24 Å². The third-order valence-electron chi connectivity index (χ3n) is 5.58. The number of thioether (sulfide) groups is 1. The van der Waals surface area contributed by atoms with E-state index in [0.717, 1.165) is 34.7 Å². The number of benzene rings is 2. The molecule has 1 unspecified atom stereocenters. The van der Waals surface area contributed by atoms with Crippen molar-refractivity contribution in [3.05, 3.63) is 59.7 Å². The smallest absolute Gasteiger partial charge is 0.281 e. The fraction of sp³-hybridized carbons (Fsp3) is 0.348. The highest BCUT2D eigenvalue weighted by Crippen LogP contribution is 2.32. The van der Waals surface area contributed by atoms with Crippen molar-refractivity contribution in [3.63, 3.8) is 0 Å². The molecule has 2 aromatic carbocycles. The zero-order chi connectivity index (χ0) is 21.1. The van der Waals surface area contributed by atoms with Crippen LogP contribution in [0.1, 0.15) is 24.0 Å². The summed E-state index contributed by atoms with van der Waals surface area (Å²) in [6, 6.07) is 14.8. The lowest BCUT2D eigenvalue weighted by Gasteiger charge is -2.36. The second-order valence-corrected chi connectivity index (χ2v) is 8.70. The molecule has 0 saturated carbocycles. The zero-order valence-corrected chi connectivity index (χ0v) is 17.8. The Labute approximate surface area is 180 Å². The van der Waals surface area contributed by atoms with Gasteiger partial charge in [-0.15, -0.1) is 0 Å². The van der Waals surface area contributed by atoms with Gasteiger partial charge in [-0.1, -0.05) is 47.7 Å². The van der Waals surface area contributed by atoms with E-state index in [1.165, 1.54) is 11.8 Å². The SMILES string of the molecule is Cc1ccc(NC(=O)C2CCc3ccccc3N2C(=O)CCN2CCSC2=O)cc1. The maximum atomic E-state index is 13.2. The molecular weight excluding hydrogens is 398 g/mol. The molecule has 2 aliphatic rings. The van der Waals surface area contributed by atoms with E-state index in [2.05, 4.69) is 5.32 Å². The number of fused-ring (bicyclic) bond motifs is 1. The van der Waals surface area contributed by atoms with Gasteiger partial charge in [0.15, 0.2) is 0 Å². The van der Waals surface area contributed by atoms with Crippen LogP contribution in [0.3, 0.4) is 0 Å². The second-order valence-electron chi connectivity index (χ2n) is 7.65. The van der Waals surface area contributed by atoms with Crippen LogP contribution in [-0.4, -0.2) is 46.8 Å². The van der Waals surface area contributed by atoms with E-state index in [1.54, 1.807) is 9.80 Å². The van der Waals surface area contributed by atoms with E-state index in [4.69, 9.17) is 0 Å². The molecule has 0 bridgehead atoms. The van der Waals surface area contributed by atoms with E-state index < -0.39 is 6.04 Å². The molecule has 1 saturated heterocycles. The molecule has 2 heterocycles. The topological polar surface area (TPSA) is 69.7 Å². The highest BCUT2D eigenvalue weighted by atomic mass is 32.2. The summed E-state index contributed by atoms with van der Waals surface area (Å²) in [6.45, 7) is 3.05. The number of carbonyl (C=O) groups is 3. The standard InChI is InChI=1S/C23H25N3O3S/c1-16-6-9-18(10-7-16)24-22(28)20-11-8-17-4-2-3-5-19(17)26(20)21(27)12-13-25-14-15-30-23(25)29/h2-7,9-10,20H,8,11-15H2,1H3,(H,24,28). The fourth-order valence-corrected chi connectivity index (χ4v) is 4.80. The van der Waals surface area contributed by atoms with Crippen LogP contribution in [0.2, 0.25) is 0 Å². The van der Waals surface area contributed by atoms with E-state index in [0.29, 0.717) is 19.5 Å². The summed E-state index contributed by atoms with van der Waals surface area (Å²) in [4.78, 5) is 41.6. The van der Waals surface area contributed by atoms with Crippen molar-refractivity contribution in [3.8, 4) is 0 Å². The Morgan fingerprint density at radius 1 is 1.13 bits per heavy atom. The molecule has 1 fully saturated rings. The summed E-state index contributed by atoms with van der Waals surface area (Å²) in [5.41, 5.74) is 3.69. The molecule has 2 aliphatic heterocycles. The Morgan fingerprint density at radius 2 is 1.90 bits per heavy atom. The van der Waals surface area contributed by atoms with Crippen LogP contribution >= 0.6 is 11.8 Å². The molecule has 6 nitrogen and oxygen atoms in total. The lowest BCUT2D eigenvalue weighted by atomic mass is 9.94. The van der Waals surface area contributed by atoms with Gasteiger partial charge in [-0.3, -0.25) is 19.3 Å². The first-order valence-corrected chi connectivity index (χ1v) is 11.2. The van der Waals surface area contributed by atoms with Crippen LogP contribution in [-0.2, 0) is 16.0 Å². The van der Waals surface area contributed by atoms with Gasteiger partial charge in [-0.2, -0.15) is 0 Å². The second kappa shape index (κ2) is 8.92. The first kappa shape index (κ1) is 20.5. The number of rotatable bonds is 5. The van der Waals surface area contributed by atoms with Gasteiger partial charge in [-0.05, 0) is 43.5 Å². The highest BCUT2D eigenvalue weighted by Gasteiger charge is 2.36. The summed E-state index contributed by atoms with van der Waals surface area (Å²) in [5, 5.41) is 2.98. The van der Waals surface area contributed by atoms with Crippen molar-refractivity contribution < 1.29 is 14.4 Å². The number of anilines is 2. The summed E-state index contributed by atoms with van der Waals surface area (Å²) in [5.74, 6) is 0.451. The molecule has 0 spiro atoms. The van der Waals surface area contributed by atoms with Crippen molar-refractivity contribution in [2.24, 2.45) is 0 Å². The van der Waals surface area contributed by atoms with Crippen LogP contribution < -0.4 is 10.2 Å². The van der Waals surface area contributed by atoms with E-state index >= 15 is 0 Å². The van der Waals surface area contributed by atoms with Crippen molar-refractivity contribution in [2.75, 3.05) is 29.1 Å². The summed E-state index contributed by atoms with van der Waals surface area (Å²) in [7, 11) is 0. The first-order chi connectivity index (χ1) is 14.5. The van der Waals surface area contributed by atoms with E-state index in [9.17, 15) is 14.4 Å². The molecule has 4 rings (SSSR count). The fourth-order valence-electron chi connectivity index (χ4n) is 3.95. The van der Waals surface area contributed by atoms with E-state index in [-0.39, 0.29) is 23.5 Å². The summed E-state index contributed by atoms with van der Waals surface area (Å²) >= 11 is 1.29. The maximum absolute atomic E-state index is 13.2. The Hall–Kier alpha value is -2.80. The molecule has 0 radical (unpaired) electrons. The minimum absolute atomic E-state index is 0.0236. The summed E-state index contributed by atoms with van der Waals surface area (Å²) in [6.07, 6.45) is 1.51. The molecule has 156 valence electrons. The maximum Gasteiger partial charge on any atom is 0.281 e. The molecule has 3 amide bonds. The normalized spacial score (nSPS) is 18.3. The Morgan fingerprint density at radius 3 is 2.63 bits per heavy atom. The van der Waals surface area contributed by atoms with Gasteiger partial charge in [0.1, 0.15) is 6.04 Å². The van der Waals surface area contributed by atoms with Gasteiger partial charge in [0.2, 0.25) is 11.8 Å². The van der Waals surface area contributed by atoms with Crippen molar-refractivity contribution >= 4 is 40.2 Å². The van der Waals surface area contributed by atoms with Crippen molar-refractivity contribution in [1.29, 1.82) is 0 Å². The predicted octanol–water partition coefficient (Wildman–Crippen LogP) is 3.84. The molecule has 30 heavy (non-hydrogen) atoms. The predicted molar refractivity (Wildman–Crippen MR) is 120 cm³/mol. The van der Waals surface area contributed by atoms with E-state index in [1.807, 2.05) is 55.5 Å². The molecule has 7 heteroatoms. The molecule has 2 aromatic rings. The monoisotopic (exact) mass is 423 g/mol. The van der Waals surface area contributed by atoms with Gasteiger partial charge >= 0.3 is 0 Å². The molecule has 0 aromatic heterocycles. The first-order valence-electron chi connectivity index (χ1n) is 10.2. The lowest BCUT2D eigenvalue weighted by molar-refractivity contribution is -0.124. The summed E-state index contributed by atoms with van der Waals surface area (Å²) < 4.78 is 0. The average molecular weight is 424 g/mol. The van der Waals surface area contributed by atoms with Gasteiger partial charge in [-0.25, -0.2) is 0 Å². The van der Waals surface area contributed by atoms with Gasteiger partial charge in [0.05, 0.1) is 0 Å². The number of amides is 3. The lowest BCUT2D eigenvalue weighted by Crippen LogP contribution is -2.50. The van der Waals surface area contributed by atoms with Crippen LogP contribution in [0.4, 0.5) is 16.2 Å². The van der Waals surface area contributed by atoms with Crippen LogP contribution in [0.5, 0.6) is 0 Å². The number of nitrogens with zero attached hydrogens (tertiary/aromatic N) is 2. The number of carbonyl (C=O) groups excluding carboxylic acids is 3.